The zero-order chi connectivity index (χ0) is 19.0. The molecule has 0 aromatic heterocycles. The molecule has 0 aliphatic carbocycles. The van der Waals surface area contributed by atoms with E-state index in [0.717, 1.165) is 14.2 Å². The van der Waals surface area contributed by atoms with Crippen LogP contribution in [0.3, 0.4) is 0 Å². The molecule has 0 N–H and O–H groups in total. The average Bonchev–Trinajstić information content (AvgIpc) is 2.54. The van der Waals surface area contributed by atoms with E-state index in [1.54, 1.807) is 27.7 Å². The van der Waals surface area contributed by atoms with Gasteiger partial charge in [-0.1, -0.05) is 0 Å². The minimum Gasteiger partial charge on any atom is -0.461 e. The average molecular weight is 350 g/mol. The lowest BCUT2D eigenvalue weighted by molar-refractivity contribution is -0.339. The van der Waals surface area contributed by atoms with Crippen molar-refractivity contribution >= 4 is 23.9 Å². The Bertz CT molecular complexity index is 436. The third-order valence-corrected chi connectivity index (χ3v) is 2.72. The summed E-state index contributed by atoms with van der Waals surface area (Å²) in [5, 5.41) is 0. The normalized spacial score (nSPS) is 11.4. The van der Waals surface area contributed by atoms with Crippen molar-refractivity contribution in [3.05, 3.63) is 0 Å². The topological polar surface area (TPSA) is 124 Å². The molecule has 0 radical (unpaired) electrons. The van der Waals surface area contributed by atoms with E-state index in [-0.39, 0.29) is 0 Å². The lowest BCUT2D eigenvalue weighted by atomic mass is 9.94. The van der Waals surface area contributed by atoms with Crippen LogP contribution in [-0.4, -0.2) is 49.3 Å². The molecular weight excluding hydrogens is 328 g/mol. The Morgan fingerprint density at radius 1 is 0.625 bits per heavy atom. The van der Waals surface area contributed by atoms with Crippen LogP contribution in [0.1, 0.15) is 40.5 Å². The summed E-state index contributed by atoms with van der Waals surface area (Å²) in [6, 6.07) is 0. The number of methoxy groups -OCH3 is 2. The van der Waals surface area contributed by atoms with E-state index in [1.165, 1.54) is 0 Å². The van der Waals surface area contributed by atoms with Gasteiger partial charge in [0.25, 0.3) is 0 Å². The van der Waals surface area contributed by atoms with Crippen molar-refractivity contribution in [2.24, 2.45) is 0 Å². The molecule has 0 aromatic carbocycles. The highest BCUT2D eigenvalue weighted by Gasteiger charge is 2.31. The minimum absolute atomic E-state index is 0.296. The Hall–Kier alpha value is -2.20. The summed E-state index contributed by atoms with van der Waals surface area (Å²) in [4.78, 5) is 62.6. The zero-order valence-electron chi connectivity index (χ0n) is 14.5. The highest BCUT2D eigenvalue weighted by Crippen LogP contribution is 2.25. The molecule has 0 rings (SSSR count). The maximum absolute atomic E-state index is 11.1. The lowest BCUT2D eigenvalue weighted by Gasteiger charge is -2.28. The molecule has 0 fully saturated rings. The Kier molecular flexibility index (Phi) is 8.34. The molecule has 0 aromatic rings. The molecule has 0 unspecified atom stereocenters. The van der Waals surface area contributed by atoms with Crippen LogP contribution in [0.5, 0.6) is 0 Å². The van der Waals surface area contributed by atoms with Crippen LogP contribution in [0.4, 0.5) is 0 Å². The quantitative estimate of drug-likeness (QED) is 0.279. The summed E-state index contributed by atoms with van der Waals surface area (Å²) in [5.74, 6) is -4.95. The van der Waals surface area contributed by atoms with Crippen LogP contribution in [0.25, 0.3) is 0 Å². The first-order valence-corrected chi connectivity index (χ1v) is 6.90. The third-order valence-electron chi connectivity index (χ3n) is 2.72. The van der Waals surface area contributed by atoms with E-state index in [1.807, 2.05) is 0 Å². The van der Waals surface area contributed by atoms with Crippen LogP contribution in [0.15, 0.2) is 0 Å². The number of hydrogen-bond acceptors (Lipinski definition) is 10. The molecule has 10 heteroatoms. The smallest absolute Gasteiger partial charge is 0.449 e. The van der Waals surface area contributed by atoms with Crippen molar-refractivity contribution in [1.82, 2.24) is 0 Å². The highest BCUT2D eigenvalue weighted by atomic mass is 17.2. The monoisotopic (exact) mass is 350 g/mol. The van der Waals surface area contributed by atoms with Gasteiger partial charge in [0.15, 0.2) is 0 Å². The van der Waals surface area contributed by atoms with Crippen molar-refractivity contribution in [3.63, 3.8) is 0 Å². The number of ether oxygens (including phenoxy) is 2. The number of carbonyl (C=O) groups is 4. The molecule has 24 heavy (non-hydrogen) atoms. The van der Waals surface area contributed by atoms with Gasteiger partial charge >= 0.3 is 23.9 Å². The summed E-state index contributed by atoms with van der Waals surface area (Å²) in [5.41, 5.74) is -1.92. The first kappa shape index (κ1) is 21.8. The SMILES string of the molecule is COC(=O)C(=O)OOC(C)(C)CCC(C)(C)OOC(=O)C(=O)OC. The standard InChI is InChI=1S/C14H22O10/c1-13(2,23-21-11(17)9(15)19-5)7-8-14(3,4)24-22-12(18)10(16)20-6/h7-8H2,1-6H3. The second kappa shape index (κ2) is 9.18. The molecule has 0 saturated heterocycles. The Labute approximate surface area is 139 Å². The summed E-state index contributed by atoms with van der Waals surface area (Å²) in [6.45, 7) is 6.42. The fourth-order valence-corrected chi connectivity index (χ4v) is 1.22. The van der Waals surface area contributed by atoms with Gasteiger partial charge in [0, 0.05) is 0 Å². The second-order valence-corrected chi connectivity index (χ2v) is 5.91. The van der Waals surface area contributed by atoms with Crippen LogP contribution < -0.4 is 0 Å². The van der Waals surface area contributed by atoms with Crippen LogP contribution in [0, 0.1) is 0 Å². The van der Waals surface area contributed by atoms with Gasteiger partial charge < -0.3 is 9.47 Å². The van der Waals surface area contributed by atoms with E-state index in [0.29, 0.717) is 12.8 Å². The van der Waals surface area contributed by atoms with Gasteiger partial charge in [-0.25, -0.2) is 19.2 Å². The summed E-state index contributed by atoms with van der Waals surface area (Å²) >= 11 is 0. The van der Waals surface area contributed by atoms with Crippen molar-refractivity contribution in [2.45, 2.75) is 51.7 Å². The van der Waals surface area contributed by atoms with Crippen molar-refractivity contribution in [2.75, 3.05) is 14.2 Å². The number of hydrogen-bond donors (Lipinski definition) is 0. The Balaban J connectivity index is 4.36. The molecular formula is C14H22O10. The van der Waals surface area contributed by atoms with Gasteiger partial charge in [-0.15, -0.1) is 0 Å². The predicted molar refractivity (Wildman–Crippen MR) is 75.8 cm³/mol. The maximum Gasteiger partial charge on any atom is 0.449 e. The van der Waals surface area contributed by atoms with Gasteiger partial charge in [-0.3, -0.25) is 9.78 Å². The van der Waals surface area contributed by atoms with Crippen LogP contribution in [-0.2, 0) is 48.2 Å². The van der Waals surface area contributed by atoms with E-state index >= 15 is 0 Å². The first-order valence-electron chi connectivity index (χ1n) is 6.90. The lowest BCUT2D eigenvalue weighted by Crippen LogP contribution is -2.34. The molecule has 0 bridgehead atoms. The Morgan fingerprint density at radius 2 is 0.917 bits per heavy atom. The van der Waals surface area contributed by atoms with Gasteiger partial charge in [0.1, 0.15) is 11.2 Å². The summed E-state index contributed by atoms with van der Waals surface area (Å²) in [6.07, 6.45) is 0.592. The van der Waals surface area contributed by atoms with Crippen molar-refractivity contribution < 1.29 is 48.2 Å². The maximum atomic E-state index is 11.1. The minimum atomic E-state index is -1.28. The van der Waals surface area contributed by atoms with Crippen LogP contribution >= 0.6 is 0 Å². The van der Waals surface area contributed by atoms with Crippen molar-refractivity contribution in [3.8, 4) is 0 Å². The molecule has 0 atom stereocenters. The van der Waals surface area contributed by atoms with Gasteiger partial charge in [0.05, 0.1) is 14.2 Å². The van der Waals surface area contributed by atoms with Gasteiger partial charge in [-0.05, 0) is 40.5 Å². The third kappa shape index (κ3) is 8.44. The summed E-state index contributed by atoms with van der Waals surface area (Å²) < 4.78 is 8.35. The molecule has 10 nitrogen and oxygen atoms in total. The number of rotatable bonds is 7. The Morgan fingerprint density at radius 3 is 1.17 bits per heavy atom. The molecule has 0 saturated carbocycles. The molecule has 138 valence electrons. The summed E-state index contributed by atoms with van der Waals surface area (Å²) in [7, 11) is 2.06. The molecule has 0 aliphatic rings. The number of carbonyl (C=O) groups excluding carboxylic acids is 4. The van der Waals surface area contributed by atoms with E-state index in [4.69, 9.17) is 9.78 Å². The highest BCUT2D eigenvalue weighted by molar-refractivity contribution is 6.29. The van der Waals surface area contributed by atoms with E-state index in [2.05, 4.69) is 19.2 Å². The second-order valence-electron chi connectivity index (χ2n) is 5.91. The van der Waals surface area contributed by atoms with E-state index in [9.17, 15) is 19.2 Å². The molecule has 0 amide bonds. The number of esters is 2. The fraction of sp³-hybridized carbons (Fsp3) is 0.714. The largest absolute Gasteiger partial charge is 0.461 e. The molecule has 0 aliphatic heterocycles. The van der Waals surface area contributed by atoms with Crippen molar-refractivity contribution in [1.29, 1.82) is 0 Å². The van der Waals surface area contributed by atoms with Crippen LogP contribution in [0.2, 0.25) is 0 Å². The molecule has 0 spiro atoms. The first-order chi connectivity index (χ1) is 10.9. The molecule has 0 heterocycles. The van der Waals surface area contributed by atoms with Gasteiger partial charge in [0.2, 0.25) is 0 Å². The van der Waals surface area contributed by atoms with Gasteiger partial charge in [-0.2, -0.15) is 9.78 Å². The zero-order valence-corrected chi connectivity index (χ0v) is 14.5. The van der Waals surface area contributed by atoms with E-state index < -0.39 is 35.1 Å². The predicted octanol–water partition coefficient (Wildman–Crippen LogP) is 0.619. The fourth-order valence-electron chi connectivity index (χ4n) is 1.22.